The van der Waals surface area contributed by atoms with E-state index < -0.39 is 24.8 Å². The molecule has 0 saturated carbocycles. The summed E-state index contributed by atoms with van der Waals surface area (Å²) in [5.41, 5.74) is 1.24. The molecule has 1 heterocycles. The monoisotopic (exact) mass is 520 g/mol. The molecular weight excluding hydrogens is 479 g/mol. The number of aryl methyl sites for hydroxylation is 2. The van der Waals surface area contributed by atoms with Crippen LogP contribution in [0, 0.1) is 0 Å². The molecule has 2 aromatic rings. The van der Waals surface area contributed by atoms with Crippen molar-refractivity contribution in [1.29, 1.82) is 0 Å². The number of ether oxygens (including phenoxy) is 1. The minimum atomic E-state index is -4.24. The molecule has 1 aromatic carbocycles. The zero-order valence-corrected chi connectivity index (χ0v) is 23.0. The number of amides is 1. The largest absolute Gasteiger partial charge is 0.444 e. The maximum Gasteiger partial charge on any atom is 0.408 e. The summed E-state index contributed by atoms with van der Waals surface area (Å²) in [6, 6.07) is 13.9. The van der Waals surface area contributed by atoms with E-state index in [-0.39, 0.29) is 18.4 Å². The van der Waals surface area contributed by atoms with Crippen LogP contribution < -0.4 is 5.32 Å². The number of hydrogen-bond acceptors (Lipinski definition) is 4. The van der Waals surface area contributed by atoms with Crippen molar-refractivity contribution < 1.29 is 28.7 Å². The minimum absolute atomic E-state index is 0.0907. The Hall–Kier alpha value is -2.41. The number of carbonyl (C=O) groups is 2. The molecular formula is C27H41N2O6P. The fourth-order valence-corrected chi connectivity index (χ4v) is 4.85. The molecule has 0 aliphatic heterocycles. The van der Waals surface area contributed by atoms with Crippen LogP contribution >= 0.6 is 7.60 Å². The van der Waals surface area contributed by atoms with E-state index in [1.165, 1.54) is 5.56 Å². The number of ketones is 1. The Morgan fingerprint density at radius 1 is 0.972 bits per heavy atom. The first-order valence-electron chi connectivity index (χ1n) is 12.4. The van der Waals surface area contributed by atoms with Gasteiger partial charge in [-0.3, -0.25) is 9.36 Å². The Morgan fingerprint density at radius 3 is 2.25 bits per heavy atom. The molecule has 200 valence electrons. The van der Waals surface area contributed by atoms with Crippen LogP contribution in [-0.2, 0) is 29.2 Å². The van der Waals surface area contributed by atoms with Crippen molar-refractivity contribution in [2.24, 2.45) is 7.05 Å². The van der Waals surface area contributed by atoms with Gasteiger partial charge in [-0.05, 0) is 83.9 Å². The fraction of sp³-hybridized carbons (Fsp3) is 0.556. The second-order valence-electron chi connectivity index (χ2n) is 10.7. The molecule has 1 amide bonds. The van der Waals surface area contributed by atoms with Crippen LogP contribution in [0.4, 0.5) is 4.79 Å². The van der Waals surface area contributed by atoms with Crippen molar-refractivity contribution in [2.75, 3.05) is 6.16 Å². The smallest absolute Gasteiger partial charge is 0.408 e. The van der Waals surface area contributed by atoms with Gasteiger partial charge in [0, 0.05) is 24.7 Å². The third-order valence-electron chi connectivity index (χ3n) is 6.16. The molecule has 0 aliphatic carbocycles. The first kappa shape index (κ1) is 29.8. The number of rotatable bonds is 13. The van der Waals surface area contributed by atoms with Gasteiger partial charge in [-0.2, -0.15) is 0 Å². The third kappa shape index (κ3) is 10.7. The van der Waals surface area contributed by atoms with Gasteiger partial charge in [0.05, 0.1) is 11.9 Å². The lowest BCUT2D eigenvalue weighted by Gasteiger charge is -2.32. The zero-order chi connectivity index (χ0) is 27.0. The molecule has 3 N–H and O–H groups in total. The van der Waals surface area contributed by atoms with E-state index in [4.69, 9.17) is 4.74 Å². The number of Topliss-reactive ketones (excluding diaryl/α,β-unsaturated/α-hetero) is 1. The molecule has 0 aliphatic rings. The normalized spacial score (nSPS) is 13.8. The summed E-state index contributed by atoms with van der Waals surface area (Å²) in [6.07, 6.45) is 3.24. The topological polar surface area (TPSA) is 118 Å². The Labute approximate surface area is 214 Å². The second kappa shape index (κ2) is 12.7. The molecule has 1 aromatic heterocycles. The third-order valence-corrected chi connectivity index (χ3v) is 6.97. The molecule has 0 bridgehead atoms. The Morgan fingerprint density at radius 2 is 1.64 bits per heavy atom. The first-order valence-corrected chi connectivity index (χ1v) is 14.2. The Bertz CT molecular complexity index is 1050. The summed E-state index contributed by atoms with van der Waals surface area (Å²) >= 11 is 0. The number of hydrogen-bond donors (Lipinski definition) is 3. The molecule has 0 spiro atoms. The lowest BCUT2D eigenvalue weighted by molar-refractivity contribution is 0.0454. The zero-order valence-electron chi connectivity index (χ0n) is 22.1. The molecule has 8 nitrogen and oxygen atoms in total. The highest BCUT2D eigenvalue weighted by Gasteiger charge is 2.31. The SMILES string of the molecule is Cn1c(CC[C@](C)(CCP(=O)(O)O)NC(=O)OC(C)(C)C)ccc1C(=O)CCCCc1ccccc1. The van der Waals surface area contributed by atoms with Gasteiger partial charge >= 0.3 is 13.7 Å². The fourth-order valence-electron chi connectivity index (χ4n) is 4.07. The van der Waals surface area contributed by atoms with Gasteiger partial charge in [-0.15, -0.1) is 0 Å². The summed E-state index contributed by atoms with van der Waals surface area (Å²) in [5.74, 6) is 0.0907. The molecule has 1 atom stereocenters. The molecule has 9 heteroatoms. The van der Waals surface area contributed by atoms with Crippen molar-refractivity contribution in [3.8, 4) is 0 Å². The van der Waals surface area contributed by atoms with Crippen LogP contribution in [-0.4, -0.2) is 43.5 Å². The molecule has 2 rings (SSSR count). The van der Waals surface area contributed by atoms with Crippen LogP contribution in [0.2, 0.25) is 0 Å². The van der Waals surface area contributed by atoms with Crippen LogP contribution in [0.15, 0.2) is 42.5 Å². The van der Waals surface area contributed by atoms with Crippen LogP contribution in [0.3, 0.4) is 0 Å². The first-order chi connectivity index (χ1) is 16.7. The summed E-state index contributed by atoms with van der Waals surface area (Å²) < 4.78 is 18.7. The number of aromatic nitrogens is 1. The summed E-state index contributed by atoms with van der Waals surface area (Å²) in [4.78, 5) is 44.0. The predicted octanol–water partition coefficient (Wildman–Crippen LogP) is 5.40. The highest BCUT2D eigenvalue weighted by Crippen LogP contribution is 2.37. The summed E-state index contributed by atoms with van der Waals surface area (Å²) in [7, 11) is -2.39. The Balaban J connectivity index is 1.98. The van der Waals surface area contributed by atoms with Crippen molar-refractivity contribution in [3.05, 3.63) is 59.4 Å². The lowest BCUT2D eigenvalue weighted by Crippen LogP contribution is -2.48. The maximum absolute atomic E-state index is 12.8. The molecule has 0 radical (unpaired) electrons. The molecule has 0 fully saturated rings. The number of alkyl carbamates (subject to hydrolysis) is 1. The van der Waals surface area contributed by atoms with Crippen molar-refractivity contribution >= 4 is 19.5 Å². The van der Waals surface area contributed by atoms with Crippen LogP contribution in [0.5, 0.6) is 0 Å². The van der Waals surface area contributed by atoms with Gasteiger partial charge in [0.25, 0.3) is 0 Å². The van der Waals surface area contributed by atoms with E-state index in [0.29, 0.717) is 25.0 Å². The predicted molar refractivity (Wildman–Crippen MR) is 141 cm³/mol. The van der Waals surface area contributed by atoms with Crippen LogP contribution in [0.1, 0.15) is 81.5 Å². The van der Waals surface area contributed by atoms with Gasteiger partial charge in [-0.25, -0.2) is 4.79 Å². The van der Waals surface area contributed by atoms with Gasteiger partial charge in [0.2, 0.25) is 0 Å². The van der Waals surface area contributed by atoms with Crippen molar-refractivity contribution in [1.82, 2.24) is 9.88 Å². The minimum Gasteiger partial charge on any atom is -0.444 e. The average Bonchev–Trinajstić information content (AvgIpc) is 3.13. The summed E-state index contributed by atoms with van der Waals surface area (Å²) in [6.45, 7) is 7.02. The van der Waals surface area contributed by atoms with E-state index in [0.717, 1.165) is 25.0 Å². The van der Waals surface area contributed by atoms with Crippen molar-refractivity contribution in [3.63, 3.8) is 0 Å². The van der Waals surface area contributed by atoms with E-state index in [9.17, 15) is 23.9 Å². The quantitative estimate of drug-likeness (QED) is 0.185. The standard InChI is InChI=1S/C27H41N2O6P/c1-26(2,3)35-25(31)28-27(4,19-20-36(32,33)34)18-17-22-15-16-23(29(22)5)24(30)14-10-9-13-21-11-7-6-8-12-21/h6-8,11-12,15-16H,9-10,13-14,17-20H2,1-5H3,(H,28,31)(H2,32,33,34)/t27-/m1/s1. The number of carbonyl (C=O) groups excluding carboxylic acids is 2. The lowest BCUT2D eigenvalue weighted by atomic mass is 9.92. The summed E-state index contributed by atoms with van der Waals surface area (Å²) in [5, 5.41) is 2.81. The molecule has 0 unspecified atom stereocenters. The number of unbranched alkanes of at least 4 members (excludes halogenated alkanes) is 1. The van der Waals surface area contributed by atoms with E-state index in [1.807, 2.05) is 41.9 Å². The highest BCUT2D eigenvalue weighted by molar-refractivity contribution is 7.51. The Kier molecular flexibility index (Phi) is 10.5. The van der Waals surface area contributed by atoms with Gasteiger partial charge < -0.3 is 24.4 Å². The number of nitrogens with one attached hydrogen (secondary N) is 1. The van der Waals surface area contributed by atoms with Gasteiger partial charge in [0.1, 0.15) is 5.60 Å². The van der Waals surface area contributed by atoms with Crippen molar-refractivity contribution in [2.45, 2.75) is 83.8 Å². The van der Waals surface area contributed by atoms with E-state index >= 15 is 0 Å². The van der Waals surface area contributed by atoms with E-state index in [2.05, 4.69) is 17.4 Å². The van der Waals surface area contributed by atoms with Gasteiger partial charge in [-0.1, -0.05) is 30.3 Å². The van der Waals surface area contributed by atoms with Crippen LogP contribution in [0.25, 0.3) is 0 Å². The van der Waals surface area contributed by atoms with Gasteiger partial charge in [0.15, 0.2) is 5.78 Å². The van der Waals surface area contributed by atoms with E-state index in [1.54, 1.807) is 27.7 Å². The average molecular weight is 521 g/mol. The number of benzene rings is 1. The molecule has 36 heavy (non-hydrogen) atoms. The second-order valence-corrected chi connectivity index (χ2v) is 12.5. The highest BCUT2D eigenvalue weighted by atomic mass is 31.2. The number of nitrogens with zero attached hydrogens (tertiary/aromatic N) is 1. The molecule has 0 saturated heterocycles. The maximum atomic E-state index is 12.8.